The second-order valence-electron chi connectivity index (χ2n) is 4.32. The normalized spacial score (nSPS) is 13.1. The number of nitrogens with two attached hydrogens (primary N) is 1. The van der Waals surface area contributed by atoms with Crippen LogP contribution in [-0.2, 0) is 14.3 Å². The van der Waals surface area contributed by atoms with Crippen LogP contribution in [0.4, 0.5) is 0 Å². The number of carbonyl (C=O) groups is 1. The summed E-state index contributed by atoms with van der Waals surface area (Å²) in [7, 11) is 1.68. The highest BCUT2D eigenvalue weighted by atomic mass is 16.5. The van der Waals surface area contributed by atoms with E-state index in [-0.39, 0.29) is 5.97 Å². The van der Waals surface area contributed by atoms with E-state index in [0.29, 0.717) is 25.8 Å². The first-order chi connectivity index (χ1) is 8.60. The molecule has 1 atom stereocenters. The van der Waals surface area contributed by atoms with Gasteiger partial charge in [0.1, 0.15) is 6.04 Å². The van der Waals surface area contributed by atoms with Gasteiger partial charge in [-0.25, -0.2) is 0 Å². The van der Waals surface area contributed by atoms with Crippen LogP contribution in [0.15, 0.2) is 0 Å². The van der Waals surface area contributed by atoms with Crippen molar-refractivity contribution in [1.82, 2.24) is 4.90 Å². The van der Waals surface area contributed by atoms with Crippen molar-refractivity contribution in [2.24, 2.45) is 5.73 Å². The Morgan fingerprint density at radius 3 is 2.33 bits per heavy atom. The SMILES string of the molecule is CCOC(=O)C(N)CN(CCOC)C(CC)CC. The van der Waals surface area contributed by atoms with E-state index >= 15 is 0 Å². The summed E-state index contributed by atoms with van der Waals surface area (Å²) in [4.78, 5) is 13.8. The maximum Gasteiger partial charge on any atom is 0.324 e. The molecule has 0 aliphatic carbocycles. The average Bonchev–Trinajstić information content (AvgIpc) is 2.37. The molecule has 0 radical (unpaired) electrons. The summed E-state index contributed by atoms with van der Waals surface area (Å²) in [6.45, 7) is 8.40. The van der Waals surface area contributed by atoms with Gasteiger partial charge >= 0.3 is 5.97 Å². The van der Waals surface area contributed by atoms with Crippen molar-refractivity contribution in [1.29, 1.82) is 0 Å². The first-order valence-corrected chi connectivity index (χ1v) is 6.75. The number of nitrogens with zero attached hydrogens (tertiary/aromatic N) is 1. The molecule has 0 aliphatic heterocycles. The van der Waals surface area contributed by atoms with Crippen LogP contribution in [-0.4, -0.2) is 56.4 Å². The highest BCUT2D eigenvalue weighted by Crippen LogP contribution is 2.09. The van der Waals surface area contributed by atoms with Crippen LogP contribution in [0, 0.1) is 0 Å². The lowest BCUT2D eigenvalue weighted by Gasteiger charge is -2.31. The van der Waals surface area contributed by atoms with Crippen molar-refractivity contribution in [2.75, 3.05) is 33.4 Å². The van der Waals surface area contributed by atoms with E-state index in [1.165, 1.54) is 0 Å². The molecule has 1 unspecified atom stereocenters. The van der Waals surface area contributed by atoms with Gasteiger partial charge in [0.25, 0.3) is 0 Å². The minimum atomic E-state index is -0.581. The molecule has 0 aliphatic rings. The highest BCUT2D eigenvalue weighted by molar-refractivity contribution is 5.75. The van der Waals surface area contributed by atoms with Crippen LogP contribution in [0.2, 0.25) is 0 Å². The van der Waals surface area contributed by atoms with Crippen LogP contribution in [0.25, 0.3) is 0 Å². The van der Waals surface area contributed by atoms with Crippen LogP contribution >= 0.6 is 0 Å². The fourth-order valence-corrected chi connectivity index (χ4v) is 2.01. The molecule has 0 rings (SSSR count). The molecule has 2 N–H and O–H groups in total. The fourth-order valence-electron chi connectivity index (χ4n) is 2.01. The van der Waals surface area contributed by atoms with Gasteiger partial charge in [0, 0.05) is 26.2 Å². The molecular weight excluding hydrogens is 232 g/mol. The van der Waals surface area contributed by atoms with Crippen molar-refractivity contribution in [3.63, 3.8) is 0 Å². The monoisotopic (exact) mass is 260 g/mol. The molecule has 0 amide bonds. The summed E-state index contributed by atoms with van der Waals surface area (Å²) in [5.74, 6) is -0.328. The summed E-state index contributed by atoms with van der Waals surface area (Å²) in [5.41, 5.74) is 5.87. The summed E-state index contributed by atoms with van der Waals surface area (Å²) in [6, 6.07) is -0.150. The molecule has 0 fully saturated rings. The lowest BCUT2D eigenvalue weighted by Crippen LogP contribution is -2.48. The first-order valence-electron chi connectivity index (χ1n) is 6.75. The van der Waals surface area contributed by atoms with Gasteiger partial charge in [-0.2, -0.15) is 0 Å². The molecule has 5 nitrogen and oxygen atoms in total. The quantitative estimate of drug-likeness (QED) is 0.594. The van der Waals surface area contributed by atoms with Crippen LogP contribution in [0.1, 0.15) is 33.6 Å². The van der Waals surface area contributed by atoms with E-state index in [1.807, 2.05) is 0 Å². The van der Waals surface area contributed by atoms with E-state index in [0.717, 1.165) is 19.4 Å². The maximum absolute atomic E-state index is 11.5. The van der Waals surface area contributed by atoms with Crippen molar-refractivity contribution in [3.05, 3.63) is 0 Å². The Morgan fingerprint density at radius 1 is 1.28 bits per heavy atom. The molecule has 0 heterocycles. The Balaban J connectivity index is 4.41. The standard InChI is InChI=1S/C13H28N2O3/c1-5-11(6-2)15(8-9-17-4)10-12(14)13(16)18-7-3/h11-12H,5-10,14H2,1-4H3. The van der Waals surface area contributed by atoms with E-state index < -0.39 is 6.04 Å². The summed E-state index contributed by atoms with van der Waals surface area (Å²) in [6.07, 6.45) is 2.07. The van der Waals surface area contributed by atoms with E-state index in [4.69, 9.17) is 15.2 Å². The van der Waals surface area contributed by atoms with Crippen molar-refractivity contribution < 1.29 is 14.3 Å². The smallest absolute Gasteiger partial charge is 0.324 e. The topological polar surface area (TPSA) is 64.8 Å². The minimum Gasteiger partial charge on any atom is -0.465 e. The largest absolute Gasteiger partial charge is 0.465 e. The number of esters is 1. The Morgan fingerprint density at radius 2 is 1.89 bits per heavy atom. The molecule has 0 saturated carbocycles. The number of carbonyl (C=O) groups excluding carboxylic acids is 1. The van der Waals surface area contributed by atoms with Crippen LogP contribution in [0.5, 0.6) is 0 Å². The molecule has 0 spiro atoms. The van der Waals surface area contributed by atoms with Crippen molar-refractivity contribution >= 4 is 5.97 Å². The summed E-state index contributed by atoms with van der Waals surface area (Å²) in [5, 5.41) is 0. The van der Waals surface area contributed by atoms with Crippen molar-refractivity contribution in [2.45, 2.75) is 45.7 Å². The van der Waals surface area contributed by atoms with Crippen molar-refractivity contribution in [3.8, 4) is 0 Å². The Labute approximate surface area is 111 Å². The molecule has 0 aromatic carbocycles. The first kappa shape index (κ1) is 17.4. The predicted octanol–water partition coefficient (Wildman–Crippen LogP) is 1.01. The van der Waals surface area contributed by atoms with E-state index in [2.05, 4.69) is 18.7 Å². The van der Waals surface area contributed by atoms with Gasteiger partial charge < -0.3 is 15.2 Å². The second-order valence-corrected chi connectivity index (χ2v) is 4.32. The Hall–Kier alpha value is -0.650. The van der Waals surface area contributed by atoms with Gasteiger partial charge in [-0.05, 0) is 19.8 Å². The molecule has 108 valence electrons. The molecule has 0 bridgehead atoms. The molecule has 0 saturated heterocycles. The third-order valence-electron chi connectivity index (χ3n) is 3.06. The van der Waals surface area contributed by atoms with Gasteiger partial charge in [0.15, 0.2) is 0 Å². The predicted molar refractivity (Wildman–Crippen MR) is 72.4 cm³/mol. The van der Waals surface area contributed by atoms with Crippen LogP contribution < -0.4 is 5.73 Å². The molecule has 0 aromatic heterocycles. The number of rotatable bonds is 10. The van der Waals surface area contributed by atoms with Gasteiger partial charge in [0.05, 0.1) is 13.2 Å². The lowest BCUT2D eigenvalue weighted by molar-refractivity contribution is -0.145. The Kier molecular flexibility index (Phi) is 9.92. The number of hydrogen-bond donors (Lipinski definition) is 1. The Bertz CT molecular complexity index is 220. The third kappa shape index (κ3) is 6.33. The zero-order chi connectivity index (χ0) is 14.0. The van der Waals surface area contributed by atoms with Gasteiger partial charge in [-0.15, -0.1) is 0 Å². The molecule has 0 aromatic rings. The van der Waals surface area contributed by atoms with Gasteiger partial charge in [-0.1, -0.05) is 13.8 Å². The van der Waals surface area contributed by atoms with E-state index in [1.54, 1.807) is 14.0 Å². The lowest BCUT2D eigenvalue weighted by atomic mass is 10.1. The molecule has 18 heavy (non-hydrogen) atoms. The highest BCUT2D eigenvalue weighted by Gasteiger charge is 2.22. The van der Waals surface area contributed by atoms with E-state index in [9.17, 15) is 4.79 Å². The number of hydrogen-bond acceptors (Lipinski definition) is 5. The number of ether oxygens (including phenoxy) is 2. The fraction of sp³-hybridized carbons (Fsp3) is 0.923. The third-order valence-corrected chi connectivity index (χ3v) is 3.06. The molecule has 5 heteroatoms. The summed E-state index contributed by atoms with van der Waals surface area (Å²) < 4.78 is 10.0. The maximum atomic E-state index is 11.5. The minimum absolute atomic E-state index is 0.328. The zero-order valence-electron chi connectivity index (χ0n) is 12.1. The van der Waals surface area contributed by atoms with Crippen LogP contribution in [0.3, 0.4) is 0 Å². The van der Waals surface area contributed by atoms with Gasteiger partial charge in [-0.3, -0.25) is 9.69 Å². The zero-order valence-corrected chi connectivity index (χ0v) is 12.1. The average molecular weight is 260 g/mol. The summed E-state index contributed by atoms with van der Waals surface area (Å²) >= 11 is 0. The molecular formula is C13H28N2O3. The number of methoxy groups -OCH3 is 1. The van der Waals surface area contributed by atoms with Gasteiger partial charge in [0.2, 0.25) is 0 Å². The second kappa shape index (κ2) is 10.3.